The molecule has 2 heterocycles. The van der Waals surface area contributed by atoms with E-state index >= 15 is 0 Å². The third-order valence-corrected chi connectivity index (χ3v) is 4.46. The van der Waals surface area contributed by atoms with Gasteiger partial charge in [0, 0.05) is 47.7 Å². The van der Waals surface area contributed by atoms with Crippen LogP contribution in [0.4, 0.5) is 0 Å². The van der Waals surface area contributed by atoms with Crippen molar-refractivity contribution in [3.05, 3.63) is 35.0 Å². The minimum atomic E-state index is -1.08. The van der Waals surface area contributed by atoms with Gasteiger partial charge in [0.15, 0.2) is 0 Å². The van der Waals surface area contributed by atoms with Crippen LogP contribution < -0.4 is 5.11 Å². The van der Waals surface area contributed by atoms with Crippen LogP contribution >= 0.6 is 11.6 Å². The van der Waals surface area contributed by atoms with Gasteiger partial charge in [0.1, 0.15) is 0 Å². The van der Waals surface area contributed by atoms with Gasteiger partial charge in [0.2, 0.25) is 5.91 Å². The summed E-state index contributed by atoms with van der Waals surface area (Å²) in [6, 6.07) is 5.86. The van der Waals surface area contributed by atoms with Crippen molar-refractivity contribution in [3.8, 4) is 0 Å². The summed E-state index contributed by atoms with van der Waals surface area (Å²) in [5.74, 6) is -0.846. The number of benzene rings is 1. The predicted molar refractivity (Wildman–Crippen MR) is 96.4 cm³/mol. The lowest BCUT2D eigenvalue weighted by Crippen LogP contribution is -2.50. The number of H-pyrrole nitrogens is 1. The number of aromatic nitrogens is 1. The molecule has 0 bridgehead atoms. The van der Waals surface area contributed by atoms with Gasteiger partial charge < -0.3 is 19.8 Å². The van der Waals surface area contributed by atoms with Crippen molar-refractivity contribution < 1.29 is 14.7 Å². The van der Waals surface area contributed by atoms with E-state index in [4.69, 9.17) is 21.5 Å². The Morgan fingerprint density at radius 3 is 2.72 bits per heavy atom. The van der Waals surface area contributed by atoms with E-state index in [2.05, 4.69) is 16.8 Å². The van der Waals surface area contributed by atoms with Crippen molar-refractivity contribution in [1.82, 2.24) is 14.8 Å². The van der Waals surface area contributed by atoms with Crippen molar-refractivity contribution in [3.63, 3.8) is 0 Å². The number of aromatic amines is 1. The summed E-state index contributed by atoms with van der Waals surface area (Å²) < 4.78 is 0. The third-order valence-electron chi connectivity index (χ3n) is 4.23. The van der Waals surface area contributed by atoms with Crippen LogP contribution in [0, 0.1) is 0 Å². The zero-order valence-electron chi connectivity index (χ0n) is 14.5. The van der Waals surface area contributed by atoms with Gasteiger partial charge in [-0.1, -0.05) is 18.5 Å². The third kappa shape index (κ3) is 5.47. The van der Waals surface area contributed by atoms with E-state index < -0.39 is 5.97 Å². The molecule has 25 heavy (non-hydrogen) atoms. The lowest BCUT2D eigenvalue weighted by atomic mass is 10.1. The van der Waals surface area contributed by atoms with Crippen LogP contribution in [0.1, 0.15) is 19.4 Å². The number of carboxylic acid groups (broad SMARTS) is 1. The summed E-state index contributed by atoms with van der Waals surface area (Å²) in [7, 11) is 0. The molecule has 1 aromatic carbocycles. The van der Waals surface area contributed by atoms with Crippen LogP contribution in [0.15, 0.2) is 24.4 Å². The largest absolute Gasteiger partial charge is 0.550 e. The Labute approximate surface area is 152 Å². The Morgan fingerprint density at radius 2 is 2.08 bits per heavy atom. The number of carbonyl (C=O) groups is 2. The van der Waals surface area contributed by atoms with Gasteiger partial charge >= 0.3 is 0 Å². The van der Waals surface area contributed by atoms with Gasteiger partial charge in [-0.05, 0) is 43.7 Å². The molecule has 0 unspecified atom stereocenters. The lowest BCUT2D eigenvalue weighted by molar-refractivity contribution is -0.302. The Kier molecular flexibility index (Phi) is 6.84. The Hall–Kier alpha value is -2.05. The highest BCUT2D eigenvalue weighted by Gasteiger charge is 2.22. The van der Waals surface area contributed by atoms with Gasteiger partial charge in [0.05, 0.1) is 6.54 Å². The lowest BCUT2D eigenvalue weighted by Gasteiger charge is -2.33. The summed E-state index contributed by atoms with van der Waals surface area (Å²) in [5.41, 5.74) is 2.31. The summed E-state index contributed by atoms with van der Waals surface area (Å²) in [4.78, 5) is 28.4. The average Bonchev–Trinajstić information content (AvgIpc) is 2.95. The number of nitrogens with zero attached hydrogens (tertiary/aromatic N) is 2. The summed E-state index contributed by atoms with van der Waals surface area (Å²) in [5, 5.41) is 10.8. The first-order chi connectivity index (χ1) is 11.9. The minimum Gasteiger partial charge on any atom is -0.550 e. The standard InChI is InChI=1S/C16H20ClN3O.C2H4O2/c1-2-19-7-8-20(16(21)11-19)6-5-12-10-18-15-4-3-13(17)9-14(12)15;1-2(3)4/h3-4,9-10,18H,2,5-8,11H2,1H3;1H3,(H,3,4)/p-1. The molecule has 0 aliphatic carbocycles. The van der Waals surface area contributed by atoms with Gasteiger partial charge in [-0.25, -0.2) is 0 Å². The molecular weight excluding hydrogens is 342 g/mol. The maximum atomic E-state index is 12.1. The van der Waals surface area contributed by atoms with Gasteiger partial charge in [-0.3, -0.25) is 9.69 Å². The van der Waals surface area contributed by atoms with Crippen molar-refractivity contribution in [2.45, 2.75) is 20.3 Å². The van der Waals surface area contributed by atoms with E-state index in [1.54, 1.807) is 0 Å². The molecule has 7 heteroatoms. The highest BCUT2D eigenvalue weighted by Crippen LogP contribution is 2.23. The van der Waals surface area contributed by atoms with E-state index in [-0.39, 0.29) is 5.91 Å². The second kappa shape index (κ2) is 8.87. The number of carbonyl (C=O) groups excluding carboxylic acids is 2. The van der Waals surface area contributed by atoms with Crippen molar-refractivity contribution in [1.29, 1.82) is 0 Å². The van der Waals surface area contributed by atoms with Crippen LogP contribution in [0.3, 0.4) is 0 Å². The topological polar surface area (TPSA) is 79.5 Å². The first kappa shape index (κ1) is 19.3. The molecule has 1 N–H and O–H groups in total. The molecule has 0 radical (unpaired) electrons. The van der Waals surface area contributed by atoms with Crippen LogP contribution in [0.2, 0.25) is 5.02 Å². The van der Waals surface area contributed by atoms with Crippen molar-refractivity contribution in [2.75, 3.05) is 32.7 Å². The average molecular weight is 365 g/mol. The summed E-state index contributed by atoms with van der Waals surface area (Å²) >= 11 is 6.07. The highest BCUT2D eigenvalue weighted by atomic mass is 35.5. The molecular formula is C18H23ClN3O3-. The highest BCUT2D eigenvalue weighted by molar-refractivity contribution is 6.31. The van der Waals surface area contributed by atoms with Gasteiger partial charge in [-0.2, -0.15) is 0 Å². The molecule has 1 saturated heterocycles. The molecule has 136 valence electrons. The number of rotatable bonds is 4. The molecule has 2 aromatic rings. The maximum absolute atomic E-state index is 12.1. The van der Waals surface area contributed by atoms with E-state index in [0.29, 0.717) is 6.54 Å². The Bertz CT molecular complexity index is 740. The molecule has 1 aliphatic rings. The van der Waals surface area contributed by atoms with Crippen LogP contribution in [-0.2, 0) is 16.0 Å². The van der Waals surface area contributed by atoms with Crippen LogP contribution in [-0.4, -0.2) is 59.4 Å². The fraction of sp³-hybridized carbons (Fsp3) is 0.444. The minimum absolute atomic E-state index is 0.237. The number of hydrogen-bond acceptors (Lipinski definition) is 4. The fourth-order valence-corrected chi connectivity index (χ4v) is 3.05. The number of halogens is 1. The molecule has 0 spiro atoms. The zero-order valence-corrected chi connectivity index (χ0v) is 15.3. The molecule has 1 aromatic heterocycles. The van der Waals surface area contributed by atoms with Gasteiger partial charge in [0.25, 0.3) is 0 Å². The summed E-state index contributed by atoms with van der Waals surface area (Å²) in [6.45, 7) is 7.14. The number of fused-ring (bicyclic) bond motifs is 1. The molecule has 1 fully saturated rings. The van der Waals surface area contributed by atoms with Crippen molar-refractivity contribution in [2.24, 2.45) is 0 Å². The van der Waals surface area contributed by atoms with E-state index in [1.807, 2.05) is 29.3 Å². The zero-order chi connectivity index (χ0) is 18.4. The molecule has 3 rings (SSSR count). The number of hydrogen-bond donors (Lipinski definition) is 1. The molecule has 1 aliphatic heterocycles. The second-order valence-electron chi connectivity index (χ2n) is 5.99. The van der Waals surface area contributed by atoms with Crippen LogP contribution in [0.25, 0.3) is 10.9 Å². The van der Waals surface area contributed by atoms with E-state index in [0.717, 1.165) is 55.4 Å². The smallest absolute Gasteiger partial charge is 0.236 e. The van der Waals surface area contributed by atoms with E-state index in [1.165, 1.54) is 5.56 Å². The Morgan fingerprint density at radius 1 is 1.36 bits per heavy atom. The monoisotopic (exact) mass is 364 g/mol. The summed E-state index contributed by atoms with van der Waals surface area (Å²) in [6.07, 6.45) is 2.88. The quantitative estimate of drug-likeness (QED) is 0.886. The normalized spacial score (nSPS) is 15.2. The number of piperazine rings is 1. The van der Waals surface area contributed by atoms with Crippen LogP contribution in [0.5, 0.6) is 0 Å². The predicted octanol–water partition coefficient (Wildman–Crippen LogP) is 1.28. The number of aliphatic carboxylic acids is 1. The van der Waals surface area contributed by atoms with E-state index in [9.17, 15) is 4.79 Å². The first-order valence-electron chi connectivity index (χ1n) is 8.34. The molecule has 0 atom stereocenters. The fourth-order valence-electron chi connectivity index (χ4n) is 2.88. The maximum Gasteiger partial charge on any atom is 0.236 e. The number of carboxylic acids is 1. The molecule has 0 saturated carbocycles. The number of amides is 1. The number of nitrogens with one attached hydrogen (secondary N) is 1. The number of likely N-dealkylation sites (N-methyl/N-ethyl adjacent to an activating group) is 1. The molecule has 1 amide bonds. The second-order valence-corrected chi connectivity index (χ2v) is 6.43. The SMILES string of the molecule is CC(=O)[O-].CCN1CCN(CCc2c[nH]c3ccc(Cl)cc23)C(=O)C1. The van der Waals surface area contributed by atoms with Gasteiger partial charge in [-0.15, -0.1) is 0 Å². The molecule has 6 nitrogen and oxygen atoms in total. The first-order valence-corrected chi connectivity index (χ1v) is 8.71. The van der Waals surface area contributed by atoms with Crippen molar-refractivity contribution >= 4 is 34.4 Å². The Balaban J connectivity index is 0.000000511.